The van der Waals surface area contributed by atoms with Gasteiger partial charge in [0.1, 0.15) is 5.75 Å². The van der Waals surface area contributed by atoms with Crippen molar-refractivity contribution in [2.75, 3.05) is 0 Å². The molecule has 0 aliphatic carbocycles. The molecule has 8 heteroatoms. The highest BCUT2D eigenvalue weighted by molar-refractivity contribution is 5.74. The molecule has 0 radical (unpaired) electrons. The predicted molar refractivity (Wildman–Crippen MR) is 67.7 cm³/mol. The monoisotopic (exact) mass is 315 g/mol. The van der Waals surface area contributed by atoms with E-state index < -0.39 is 30.4 Å². The van der Waals surface area contributed by atoms with Crippen LogP contribution in [-0.2, 0) is 11.2 Å². The number of aromatic nitrogens is 1. The summed E-state index contributed by atoms with van der Waals surface area (Å²) in [7, 11) is 0. The lowest BCUT2D eigenvalue weighted by molar-refractivity contribution is -0.274. The lowest BCUT2D eigenvalue weighted by Gasteiger charge is -2.13. The van der Waals surface area contributed by atoms with Crippen molar-refractivity contribution < 1.29 is 32.2 Å². The number of hydrogen-bond acceptors (Lipinski definition) is 3. The molecule has 0 saturated carbocycles. The molecule has 0 amide bonds. The highest BCUT2D eigenvalue weighted by atomic mass is 19.4. The summed E-state index contributed by atoms with van der Waals surface area (Å²) in [6.07, 6.45) is -4.35. The number of halogens is 4. The van der Waals surface area contributed by atoms with E-state index in [0.717, 1.165) is 18.3 Å². The van der Waals surface area contributed by atoms with Crippen molar-refractivity contribution in [3.05, 3.63) is 48.0 Å². The Morgan fingerprint density at radius 2 is 1.91 bits per heavy atom. The van der Waals surface area contributed by atoms with Gasteiger partial charge in [0.2, 0.25) is 5.95 Å². The van der Waals surface area contributed by atoms with Crippen molar-refractivity contribution in [1.29, 1.82) is 0 Å². The summed E-state index contributed by atoms with van der Waals surface area (Å²) in [4.78, 5) is 14.0. The summed E-state index contributed by atoms with van der Waals surface area (Å²) in [6, 6.07) is 6.10. The zero-order valence-electron chi connectivity index (χ0n) is 10.9. The zero-order chi connectivity index (χ0) is 16.3. The number of pyridine rings is 1. The molecular weight excluding hydrogens is 306 g/mol. The number of benzene rings is 1. The summed E-state index contributed by atoms with van der Waals surface area (Å²) < 4.78 is 54.8. The van der Waals surface area contributed by atoms with Crippen LogP contribution in [0.1, 0.15) is 5.56 Å². The summed E-state index contributed by atoms with van der Waals surface area (Å²) in [5, 5.41) is 8.71. The number of ether oxygens (including phenoxy) is 1. The minimum atomic E-state index is -4.93. The maximum absolute atomic E-state index is 13.8. The molecule has 0 unspecified atom stereocenters. The Labute approximate surface area is 122 Å². The zero-order valence-corrected chi connectivity index (χ0v) is 10.9. The van der Waals surface area contributed by atoms with Gasteiger partial charge in [0.25, 0.3) is 0 Å². The van der Waals surface area contributed by atoms with Crippen molar-refractivity contribution in [1.82, 2.24) is 4.98 Å². The van der Waals surface area contributed by atoms with Crippen LogP contribution in [0.3, 0.4) is 0 Å². The van der Waals surface area contributed by atoms with Crippen LogP contribution in [-0.4, -0.2) is 22.4 Å². The van der Waals surface area contributed by atoms with Gasteiger partial charge in [0.05, 0.1) is 6.42 Å². The molecule has 0 aliphatic rings. The molecule has 2 aromatic rings. The first-order valence-electron chi connectivity index (χ1n) is 5.97. The Hall–Kier alpha value is -2.64. The van der Waals surface area contributed by atoms with Gasteiger partial charge in [-0.3, -0.25) is 4.79 Å². The molecule has 22 heavy (non-hydrogen) atoms. The van der Waals surface area contributed by atoms with Gasteiger partial charge in [-0.15, -0.1) is 13.2 Å². The molecule has 116 valence electrons. The highest BCUT2D eigenvalue weighted by Crippen LogP contribution is 2.34. The van der Waals surface area contributed by atoms with E-state index in [1.165, 1.54) is 18.2 Å². The second-order valence-electron chi connectivity index (χ2n) is 4.30. The lowest BCUT2D eigenvalue weighted by Crippen LogP contribution is -2.17. The molecule has 4 nitrogen and oxygen atoms in total. The minimum absolute atomic E-state index is 0.158. The Balaban J connectivity index is 2.49. The summed E-state index contributed by atoms with van der Waals surface area (Å²) in [5.41, 5.74) is -0.277. The first kappa shape index (κ1) is 15.7. The van der Waals surface area contributed by atoms with Crippen LogP contribution in [0.25, 0.3) is 11.1 Å². The summed E-state index contributed by atoms with van der Waals surface area (Å²) >= 11 is 0. The fourth-order valence-corrected chi connectivity index (χ4v) is 1.85. The van der Waals surface area contributed by atoms with Gasteiger partial charge >= 0.3 is 12.3 Å². The van der Waals surface area contributed by atoms with Crippen molar-refractivity contribution in [2.45, 2.75) is 12.8 Å². The van der Waals surface area contributed by atoms with E-state index >= 15 is 0 Å². The molecule has 2 rings (SSSR count). The first-order valence-corrected chi connectivity index (χ1v) is 5.97. The van der Waals surface area contributed by atoms with Crippen molar-refractivity contribution >= 4 is 5.97 Å². The normalized spacial score (nSPS) is 11.3. The fourth-order valence-electron chi connectivity index (χ4n) is 1.85. The van der Waals surface area contributed by atoms with Gasteiger partial charge in [-0.1, -0.05) is 18.2 Å². The highest BCUT2D eigenvalue weighted by Gasteiger charge is 2.32. The second-order valence-corrected chi connectivity index (χ2v) is 4.30. The van der Waals surface area contributed by atoms with Crippen LogP contribution >= 0.6 is 0 Å². The minimum Gasteiger partial charge on any atom is -0.481 e. The Morgan fingerprint density at radius 3 is 2.55 bits per heavy atom. The van der Waals surface area contributed by atoms with Crippen LogP contribution in [0.15, 0.2) is 36.5 Å². The lowest BCUT2D eigenvalue weighted by atomic mass is 10.0. The Morgan fingerprint density at radius 1 is 1.23 bits per heavy atom. The third kappa shape index (κ3) is 3.94. The first-order chi connectivity index (χ1) is 10.3. The van der Waals surface area contributed by atoms with Gasteiger partial charge in [0, 0.05) is 17.3 Å². The topological polar surface area (TPSA) is 59.4 Å². The maximum atomic E-state index is 13.8. The van der Waals surface area contributed by atoms with Gasteiger partial charge in [0.15, 0.2) is 0 Å². The molecule has 0 bridgehead atoms. The molecule has 0 fully saturated rings. The van der Waals surface area contributed by atoms with Crippen LogP contribution < -0.4 is 4.74 Å². The van der Waals surface area contributed by atoms with Crippen molar-refractivity contribution in [2.24, 2.45) is 0 Å². The van der Waals surface area contributed by atoms with E-state index in [-0.39, 0.29) is 16.7 Å². The van der Waals surface area contributed by atoms with Crippen molar-refractivity contribution in [3.8, 4) is 16.9 Å². The van der Waals surface area contributed by atoms with E-state index in [1.807, 2.05) is 0 Å². The van der Waals surface area contributed by atoms with E-state index in [2.05, 4.69) is 9.72 Å². The number of carboxylic acids is 1. The number of aliphatic carboxylic acids is 1. The average molecular weight is 315 g/mol. The number of hydrogen-bond donors (Lipinski definition) is 1. The molecule has 1 aromatic carbocycles. The number of carbonyl (C=O) groups is 1. The van der Waals surface area contributed by atoms with Crippen LogP contribution in [0.2, 0.25) is 0 Å². The smallest absolute Gasteiger partial charge is 0.481 e. The molecule has 1 aromatic heterocycles. The Kier molecular flexibility index (Phi) is 4.30. The number of carboxylic acid groups (broad SMARTS) is 1. The second kappa shape index (κ2) is 6.00. The van der Waals surface area contributed by atoms with Crippen LogP contribution in [0.4, 0.5) is 17.6 Å². The maximum Gasteiger partial charge on any atom is 0.573 e. The SMILES string of the molecule is O=C(O)Cc1cnc(F)c(-c2ccccc2OC(F)(F)F)c1. The third-order valence-corrected chi connectivity index (χ3v) is 2.65. The van der Waals surface area contributed by atoms with Crippen molar-refractivity contribution in [3.63, 3.8) is 0 Å². The number of alkyl halides is 3. The fraction of sp³-hybridized carbons (Fsp3) is 0.143. The molecule has 1 heterocycles. The average Bonchev–Trinajstić information content (AvgIpc) is 2.39. The summed E-state index contributed by atoms with van der Waals surface area (Å²) in [6.45, 7) is 0. The largest absolute Gasteiger partial charge is 0.573 e. The van der Waals surface area contributed by atoms with Gasteiger partial charge in [-0.05, 0) is 17.7 Å². The molecular formula is C14H9F4NO3. The molecule has 0 saturated heterocycles. The van der Waals surface area contributed by atoms with Gasteiger partial charge in [-0.25, -0.2) is 4.98 Å². The van der Waals surface area contributed by atoms with Gasteiger partial charge in [-0.2, -0.15) is 4.39 Å². The van der Waals surface area contributed by atoms with E-state index in [4.69, 9.17) is 5.11 Å². The van der Waals surface area contributed by atoms with E-state index in [1.54, 1.807) is 0 Å². The Bertz CT molecular complexity index is 701. The third-order valence-electron chi connectivity index (χ3n) is 2.65. The van der Waals surface area contributed by atoms with Crippen LogP contribution in [0.5, 0.6) is 5.75 Å². The number of para-hydroxylation sites is 1. The number of rotatable bonds is 4. The molecule has 0 spiro atoms. The summed E-state index contributed by atoms with van der Waals surface area (Å²) in [5.74, 6) is -2.78. The predicted octanol–water partition coefficient (Wildman–Crippen LogP) is 3.41. The van der Waals surface area contributed by atoms with E-state index in [9.17, 15) is 22.4 Å². The molecule has 0 aliphatic heterocycles. The van der Waals surface area contributed by atoms with Crippen LogP contribution in [0, 0.1) is 5.95 Å². The quantitative estimate of drug-likeness (QED) is 0.694. The van der Waals surface area contributed by atoms with E-state index in [0.29, 0.717) is 0 Å². The standard InChI is InChI=1S/C14H9F4NO3/c15-13-10(5-8(7-19-13)6-12(20)21)9-3-1-2-4-11(9)22-14(16,17)18/h1-5,7H,6H2,(H,20,21). The number of nitrogens with zero attached hydrogens (tertiary/aromatic N) is 1. The van der Waals surface area contributed by atoms with Gasteiger partial charge < -0.3 is 9.84 Å². The molecule has 1 N–H and O–H groups in total. The molecule has 0 atom stereocenters.